The fraction of sp³-hybridized carbons (Fsp3) is 0.714. The number of anilines is 1. The summed E-state index contributed by atoms with van der Waals surface area (Å²) < 4.78 is 0. The molecule has 5 heteroatoms. The third-order valence-corrected chi connectivity index (χ3v) is 4.71. The molecule has 1 aliphatic heterocycles. The number of thiazole rings is 1. The lowest BCUT2D eigenvalue weighted by Gasteiger charge is -2.34. The van der Waals surface area contributed by atoms with Crippen molar-refractivity contribution in [2.75, 3.05) is 18.0 Å². The Morgan fingerprint density at radius 1 is 1.42 bits per heavy atom. The molecule has 0 bridgehead atoms. The number of carboxylic acids is 1. The number of hydrogen-bond acceptors (Lipinski definition) is 4. The second kappa shape index (κ2) is 5.12. The molecule has 2 atom stereocenters. The number of carboxylic acid groups (broad SMARTS) is 1. The quantitative estimate of drug-likeness (QED) is 0.926. The minimum absolute atomic E-state index is 0.658. The van der Waals surface area contributed by atoms with Crippen LogP contribution in [0, 0.1) is 11.8 Å². The number of nitrogens with zero attached hydrogens (tertiary/aromatic N) is 2. The number of carbonyl (C=O) groups is 1. The fourth-order valence-electron chi connectivity index (χ4n) is 2.63. The van der Waals surface area contributed by atoms with Gasteiger partial charge in [0.15, 0.2) is 5.13 Å². The van der Waals surface area contributed by atoms with Crippen LogP contribution in [0.4, 0.5) is 5.13 Å². The monoisotopic (exact) mass is 282 g/mol. The molecule has 0 amide bonds. The fourth-order valence-corrected chi connectivity index (χ4v) is 3.64. The maximum atomic E-state index is 11.3. The summed E-state index contributed by atoms with van der Waals surface area (Å²) in [6.45, 7) is 9.97. The average Bonchev–Trinajstić information content (AvgIpc) is 2.76. The van der Waals surface area contributed by atoms with E-state index in [1.165, 1.54) is 6.42 Å². The summed E-state index contributed by atoms with van der Waals surface area (Å²) in [5, 5.41) is 12.1. The zero-order valence-corrected chi connectivity index (χ0v) is 12.8. The Morgan fingerprint density at radius 3 is 2.53 bits per heavy atom. The maximum Gasteiger partial charge on any atom is 0.315 e. The van der Waals surface area contributed by atoms with Gasteiger partial charge in [-0.1, -0.05) is 13.8 Å². The summed E-state index contributed by atoms with van der Waals surface area (Å²) in [5.41, 5.74) is -0.257. The molecule has 1 N–H and O–H groups in total. The van der Waals surface area contributed by atoms with Crippen molar-refractivity contribution in [3.63, 3.8) is 0 Å². The van der Waals surface area contributed by atoms with Crippen LogP contribution in [0.5, 0.6) is 0 Å². The van der Waals surface area contributed by atoms with Crippen molar-refractivity contribution in [1.29, 1.82) is 0 Å². The molecule has 2 rings (SSSR count). The summed E-state index contributed by atoms with van der Waals surface area (Å²) in [6, 6.07) is 0. The van der Waals surface area contributed by atoms with E-state index in [0.29, 0.717) is 17.5 Å². The predicted molar refractivity (Wildman–Crippen MR) is 77.9 cm³/mol. The zero-order chi connectivity index (χ0) is 14.2. The van der Waals surface area contributed by atoms with E-state index in [0.717, 1.165) is 18.2 Å². The van der Waals surface area contributed by atoms with Gasteiger partial charge in [-0.25, -0.2) is 4.98 Å². The zero-order valence-electron chi connectivity index (χ0n) is 12.0. The highest BCUT2D eigenvalue weighted by Crippen LogP contribution is 2.32. The van der Waals surface area contributed by atoms with Crippen molar-refractivity contribution < 1.29 is 9.90 Å². The van der Waals surface area contributed by atoms with Gasteiger partial charge < -0.3 is 10.0 Å². The lowest BCUT2D eigenvalue weighted by molar-refractivity contribution is -0.142. The molecule has 1 fully saturated rings. The van der Waals surface area contributed by atoms with Crippen LogP contribution in [0.25, 0.3) is 0 Å². The van der Waals surface area contributed by atoms with Gasteiger partial charge in [0.25, 0.3) is 0 Å². The van der Waals surface area contributed by atoms with Crippen molar-refractivity contribution in [2.24, 2.45) is 11.8 Å². The predicted octanol–water partition coefficient (Wildman–Crippen LogP) is 2.99. The highest BCUT2D eigenvalue weighted by molar-refractivity contribution is 7.13. The van der Waals surface area contributed by atoms with Gasteiger partial charge in [-0.05, 0) is 32.1 Å². The molecule has 0 radical (unpaired) electrons. The molecule has 1 saturated heterocycles. The summed E-state index contributed by atoms with van der Waals surface area (Å²) >= 11 is 1.56. The lowest BCUT2D eigenvalue weighted by atomic mass is 9.90. The van der Waals surface area contributed by atoms with Gasteiger partial charge in [-0.2, -0.15) is 0 Å². The summed E-state index contributed by atoms with van der Waals surface area (Å²) in [4.78, 5) is 18.1. The molecule has 4 nitrogen and oxygen atoms in total. The van der Waals surface area contributed by atoms with Crippen LogP contribution in [0.2, 0.25) is 0 Å². The second-order valence-corrected chi connectivity index (χ2v) is 7.13. The minimum atomic E-state index is -0.915. The van der Waals surface area contributed by atoms with Crippen molar-refractivity contribution in [3.05, 3.63) is 11.1 Å². The van der Waals surface area contributed by atoms with E-state index >= 15 is 0 Å². The number of piperidine rings is 1. The average molecular weight is 282 g/mol. The van der Waals surface area contributed by atoms with E-state index in [1.54, 1.807) is 25.2 Å². The first-order valence-corrected chi connectivity index (χ1v) is 7.63. The van der Waals surface area contributed by atoms with Crippen LogP contribution in [0.1, 0.15) is 39.8 Å². The second-order valence-electron chi connectivity index (χ2n) is 6.30. The van der Waals surface area contributed by atoms with E-state index in [4.69, 9.17) is 0 Å². The Balaban J connectivity index is 2.19. The minimum Gasteiger partial charge on any atom is -0.481 e. The van der Waals surface area contributed by atoms with Crippen molar-refractivity contribution >= 4 is 22.4 Å². The van der Waals surface area contributed by atoms with Crippen molar-refractivity contribution in [2.45, 2.75) is 39.5 Å². The van der Waals surface area contributed by atoms with E-state index in [9.17, 15) is 9.90 Å². The number of rotatable bonds is 3. The number of aromatic nitrogens is 1. The molecule has 19 heavy (non-hydrogen) atoms. The van der Waals surface area contributed by atoms with E-state index < -0.39 is 11.4 Å². The third-order valence-electron chi connectivity index (χ3n) is 3.81. The first-order chi connectivity index (χ1) is 8.80. The van der Waals surface area contributed by atoms with Crippen LogP contribution in [-0.2, 0) is 10.2 Å². The summed E-state index contributed by atoms with van der Waals surface area (Å²) in [5.74, 6) is 0.511. The largest absolute Gasteiger partial charge is 0.481 e. The molecule has 1 aromatic rings. The van der Waals surface area contributed by atoms with Gasteiger partial charge in [-0.3, -0.25) is 4.79 Å². The van der Waals surface area contributed by atoms with Crippen LogP contribution >= 0.6 is 11.3 Å². The Hall–Kier alpha value is -1.10. The first-order valence-electron chi connectivity index (χ1n) is 6.75. The Morgan fingerprint density at radius 2 is 2.00 bits per heavy atom. The Labute approximate surface area is 118 Å². The molecule has 1 aliphatic rings. The number of aliphatic carboxylic acids is 1. The Kier molecular flexibility index (Phi) is 3.85. The standard InChI is InChI=1S/C14H22N2O2S/c1-9-5-10(2)7-16(6-9)13-15-11(8-19-13)14(3,4)12(17)18/h8-10H,5-7H2,1-4H3,(H,17,18). The van der Waals surface area contributed by atoms with Crippen LogP contribution < -0.4 is 4.90 Å². The highest BCUT2D eigenvalue weighted by Gasteiger charge is 2.33. The van der Waals surface area contributed by atoms with Crippen molar-refractivity contribution in [1.82, 2.24) is 4.98 Å². The van der Waals surface area contributed by atoms with Crippen LogP contribution in [0.3, 0.4) is 0 Å². The van der Waals surface area contributed by atoms with Gasteiger partial charge in [0.2, 0.25) is 0 Å². The van der Waals surface area contributed by atoms with Gasteiger partial charge in [-0.15, -0.1) is 11.3 Å². The molecule has 2 heterocycles. The van der Waals surface area contributed by atoms with E-state index in [2.05, 4.69) is 23.7 Å². The molecule has 106 valence electrons. The van der Waals surface area contributed by atoms with Crippen molar-refractivity contribution in [3.8, 4) is 0 Å². The Bertz CT molecular complexity index is 460. The van der Waals surface area contributed by atoms with Gasteiger partial charge >= 0.3 is 5.97 Å². The van der Waals surface area contributed by atoms with Crippen LogP contribution in [-0.4, -0.2) is 29.1 Å². The molecular formula is C14H22N2O2S. The SMILES string of the molecule is CC1CC(C)CN(c2nc(C(C)(C)C(=O)O)cs2)C1. The number of hydrogen-bond donors (Lipinski definition) is 1. The molecule has 0 aliphatic carbocycles. The lowest BCUT2D eigenvalue weighted by Crippen LogP contribution is -2.38. The topological polar surface area (TPSA) is 53.4 Å². The van der Waals surface area contributed by atoms with E-state index in [1.807, 2.05) is 5.38 Å². The van der Waals surface area contributed by atoms with Gasteiger partial charge in [0.1, 0.15) is 5.41 Å². The van der Waals surface area contributed by atoms with Gasteiger partial charge in [0, 0.05) is 18.5 Å². The molecule has 0 saturated carbocycles. The third kappa shape index (κ3) is 2.91. The maximum absolute atomic E-state index is 11.3. The molecule has 0 aromatic carbocycles. The molecular weight excluding hydrogens is 260 g/mol. The highest BCUT2D eigenvalue weighted by atomic mass is 32.1. The normalized spacial score (nSPS) is 24.5. The summed E-state index contributed by atoms with van der Waals surface area (Å²) in [7, 11) is 0. The van der Waals surface area contributed by atoms with Gasteiger partial charge in [0.05, 0.1) is 5.69 Å². The smallest absolute Gasteiger partial charge is 0.315 e. The molecule has 2 unspecified atom stereocenters. The summed E-state index contributed by atoms with van der Waals surface area (Å²) in [6.07, 6.45) is 1.26. The molecule has 1 aromatic heterocycles. The van der Waals surface area contributed by atoms with Crippen LogP contribution in [0.15, 0.2) is 5.38 Å². The van der Waals surface area contributed by atoms with E-state index in [-0.39, 0.29) is 0 Å². The first kappa shape index (κ1) is 14.3. The molecule has 0 spiro atoms.